The van der Waals surface area contributed by atoms with Gasteiger partial charge in [0.05, 0.1) is 18.0 Å². The first-order valence-corrected chi connectivity index (χ1v) is 6.91. The number of hydrogen-bond donors (Lipinski definition) is 2. The van der Waals surface area contributed by atoms with Crippen LogP contribution < -0.4 is 15.8 Å². The summed E-state index contributed by atoms with van der Waals surface area (Å²) in [5.41, 5.74) is 7.79. The van der Waals surface area contributed by atoms with Gasteiger partial charge in [-0.05, 0) is 31.9 Å². The van der Waals surface area contributed by atoms with Crippen molar-refractivity contribution in [2.24, 2.45) is 5.92 Å². The van der Waals surface area contributed by atoms with Crippen LogP contribution in [0.1, 0.15) is 40.5 Å². The van der Waals surface area contributed by atoms with Crippen molar-refractivity contribution in [2.75, 3.05) is 17.7 Å². The average molecular weight is 250 g/mol. The van der Waals surface area contributed by atoms with Crippen LogP contribution in [0.3, 0.4) is 0 Å². The van der Waals surface area contributed by atoms with Crippen molar-refractivity contribution >= 4 is 11.4 Å². The lowest BCUT2D eigenvalue weighted by Gasteiger charge is -2.24. The Morgan fingerprint density at radius 3 is 2.44 bits per heavy atom. The van der Waals surface area contributed by atoms with Crippen LogP contribution in [0.25, 0.3) is 0 Å². The fourth-order valence-electron chi connectivity index (χ4n) is 2.31. The van der Waals surface area contributed by atoms with E-state index in [0.29, 0.717) is 24.3 Å². The van der Waals surface area contributed by atoms with Crippen molar-refractivity contribution in [1.82, 2.24) is 0 Å². The summed E-state index contributed by atoms with van der Waals surface area (Å²) in [5, 5.41) is 3.51. The molecule has 0 radical (unpaired) electrons. The highest BCUT2D eigenvalue weighted by Gasteiger charge is 2.15. The van der Waals surface area contributed by atoms with Crippen LogP contribution in [-0.2, 0) is 0 Å². The normalized spacial score (nSPS) is 12.5. The number of nitrogens with two attached hydrogens (primary N) is 1. The summed E-state index contributed by atoms with van der Waals surface area (Å²) in [6.07, 6.45) is 2.35. The molecule has 1 aromatic rings. The maximum atomic E-state index is 6.11. The monoisotopic (exact) mass is 250 g/mol. The van der Waals surface area contributed by atoms with E-state index in [0.717, 1.165) is 11.4 Å². The first-order valence-electron chi connectivity index (χ1n) is 6.91. The number of rotatable bonds is 7. The highest BCUT2D eigenvalue weighted by Crippen LogP contribution is 2.31. The number of nitrogen functional groups attached to an aromatic ring is 1. The average Bonchev–Trinajstić information content (AvgIpc) is 2.36. The molecule has 0 saturated heterocycles. The predicted molar refractivity (Wildman–Crippen MR) is 79.2 cm³/mol. The number of benzene rings is 1. The lowest BCUT2D eigenvalue weighted by Crippen LogP contribution is -2.25. The van der Waals surface area contributed by atoms with E-state index in [2.05, 4.69) is 26.1 Å². The van der Waals surface area contributed by atoms with Crippen LogP contribution in [0.2, 0.25) is 0 Å². The molecule has 102 valence electrons. The summed E-state index contributed by atoms with van der Waals surface area (Å²) in [6.45, 7) is 9.27. The minimum absolute atomic E-state index is 0.416. The van der Waals surface area contributed by atoms with E-state index in [-0.39, 0.29) is 0 Å². The van der Waals surface area contributed by atoms with Gasteiger partial charge in [0.1, 0.15) is 5.75 Å². The molecule has 3 heteroatoms. The Morgan fingerprint density at radius 2 is 1.89 bits per heavy atom. The summed E-state index contributed by atoms with van der Waals surface area (Å²) in [6, 6.07) is 6.31. The molecule has 0 aliphatic carbocycles. The van der Waals surface area contributed by atoms with Gasteiger partial charge in [0.15, 0.2) is 0 Å². The summed E-state index contributed by atoms with van der Waals surface area (Å²) in [4.78, 5) is 0. The topological polar surface area (TPSA) is 47.3 Å². The standard InChI is InChI=1S/C15H26N2O/c1-5-12(6-2)11(4)17-13-9-8-10-14(15(13)16)18-7-3/h8-12,17H,5-7,16H2,1-4H3. The smallest absolute Gasteiger partial charge is 0.144 e. The highest BCUT2D eigenvalue weighted by molar-refractivity contribution is 5.73. The summed E-state index contributed by atoms with van der Waals surface area (Å²) in [7, 11) is 0. The molecule has 1 unspecified atom stereocenters. The molecule has 1 aromatic carbocycles. The fraction of sp³-hybridized carbons (Fsp3) is 0.600. The van der Waals surface area contributed by atoms with Crippen LogP contribution in [0.4, 0.5) is 11.4 Å². The van der Waals surface area contributed by atoms with Gasteiger partial charge >= 0.3 is 0 Å². The second-order valence-electron chi connectivity index (χ2n) is 4.66. The molecule has 3 nitrogen and oxygen atoms in total. The summed E-state index contributed by atoms with van der Waals surface area (Å²) >= 11 is 0. The first kappa shape index (κ1) is 14.7. The number of para-hydroxylation sites is 1. The lowest BCUT2D eigenvalue weighted by atomic mass is 9.95. The molecule has 0 aliphatic rings. The van der Waals surface area contributed by atoms with Gasteiger partial charge in [0.25, 0.3) is 0 Å². The molecule has 0 aromatic heterocycles. The van der Waals surface area contributed by atoms with Gasteiger partial charge < -0.3 is 15.8 Å². The number of nitrogens with one attached hydrogen (secondary N) is 1. The molecule has 0 fully saturated rings. The van der Waals surface area contributed by atoms with Crippen LogP contribution in [0.15, 0.2) is 18.2 Å². The molecule has 0 amide bonds. The van der Waals surface area contributed by atoms with Crippen molar-refractivity contribution in [1.29, 1.82) is 0 Å². The van der Waals surface area contributed by atoms with Crippen LogP contribution in [-0.4, -0.2) is 12.6 Å². The molecule has 0 saturated carbocycles. The molecule has 1 atom stereocenters. The maximum Gasteiger partial charge on any atom is 0.144 e. The zero-order valence-electron chi connectivity index (χ0n) is 12.0. The third kappa shape index (κ3) is 3.56. The third-order valence-electron chi connectivity index (χ3n) is 3.50. The minimum Gasteiger partial charge on any atom is -0.492 e. The van der Waals surface area contributed by atoms with Crippen molar-refractivity contribution in [2.45, 2.75) is 46.6 Å². The number of anilines is 2. The van der Waals surface area contributed by atoms with Crippen LogP contribution >= 0.6 is 0 Å². The third-order valence-corrected chi connectivity index (χ3v) is 3.50. The number of hydrogen-bond acceptors (Lipinski definition) is 3. The highest BCUT2D eigenvalue weighted by atomic mass is 16.5. The Morgan fingerprint density at radius 1 is 1.22 bits per heavy atom. The second-order valence-corrected chi connectivity index (χ2v) is 4.66. The largest absolute Gasteiger partial charge is 0.492 e. The molecule has 0 heterocycles. The molecule has 18 heavy (non-hydrogen) atoms. The van der Waals surface area contributed by atoms with Gasteiger partial charge in [0.2, 0.25) is 0 Å². The Labute approximate surface area is 111 Å². The SMILES string of the molecule is CCOc1cccc(NC(C)C(CC)CC)c1N. The molecule has 0 aliphatic heterocycles. The second kappa shape index (κ2) is 7.14. The van der Waals surface area contributed by atoms with Gasteiger partial charge in [-0.25, -0.2) is 0 Å². The van der Waals surface area contributed by atoms with Crippen molar-refractivity contribution in [3.8, 4) is 5.75 Å². The van der Waals surface area contributed by atoms with E-state index >= 15 is 0 Å². The molecular weight excluding hydrogens is 224 g/mol. The van der Waals surface area contributed by atoms with Gasteiger partial charge in [-0.3, -0.25) is 0 Å². The molecule has 0 bridgehead atoms. The fourth-order valence-corrected chi connectivity index (χ4v) is 2.31. The Kier molecular flexibility index (Phi) is 5.83. The molecule has 3 N–H and O–H groups in total. The quantitative estimate of drug-likeness (QED) is 0.721. The molecule has 1 rings (SSSR count). The van der Waals surface area contributed by atoms with Crippen molar-refractivity contribution in [3.05, 3.63) is 18.2 Å². The van der Waals surface area contributed by atoms with E-state index < -0.39 is 0 Å². The van der Waals surface area contributed by atoms with E-state index in [9.17, 15) is 0 Å². The lowest BCUT2D eigenvalue weighted by molar-refractivity contribution is 0.342. The Hall–Kier alpha value is -1.38. The molecular formula is C15H26N2O. The predicted octanol–water partition coefficient (Wildman–Crippen LogP) is 3.90. The van der Waals surface area contributed by atoms with Gasteiger partial charge in [-0.2, -0.15) is 0 Å². The van der Waals surface area contributed by atoms with E-state index in [4.69, 9.17) is 10.5 Å². The van der Waals surface area contributed by atoms with Gasteiger partial charge in [-0.15, -0.1) is 0 Å². The minimum atomic E-state index is 0.416. The van der Waals surface area contributed by atoms with Gasteiger partial charge in [-0.1, -0.05) is 32.8 Å². The first-order chi connectivity index (χ1) is 8.63. The maximum absolute atomic E-state index is 6.11. The van der Waals surface area contributed by atoms with Crippen LogP contribution in [0.5, 0.6) is 5.75 Å². The summed E-state index contributed by atoms with van der Waals surface area (Å²) in [5.74, 6) is 1.43. The van der Waals surface area contributed by atoms with Crippen molar-refractivity contribution in [3.63, 3.8) is 0 Å². The summed E-state index contributed by atoms with van der Waals surface area (Å²) < 4.78 is 5.51. The number of ether oxygens (including phenoxy) is 1. The molecule has 0 spiro atoms. The van der Waals surface area contributed by atoms with Gasteiger partial charge in [0, 0.05) is 6.04 Å². The van der Waals surface area contributed by atoms with E-state index in [1.165, 1.54) is 12.8 Å². The Balaban J connectivity index is 2.81. The Bertz CT molecular complexity index is 362. The van der Waals surface area contributed by atoms with E-state index in [1.54, 1.807) is 0 Å². The van der Waals surface area contributed by atoms with Crippen molar-refractivity contribution < 1.29 is 4.74 Å². The zero-order chi connectivity index (χ0) is 13.5. The van der Waals surface area contributed by atoms with Crippen LogP contribution in [0, 0.1) is 5.92 Å². The van der Waals surface area contributed by atoms with E-state index in [1.807, 2.05) is 25.1 Å². The zero-order valence-corrected chi connectivity index (χ0v) is 12.0.